The molecule has 0 radical (unpaired) electrons. The van der Waals surface area contributed by atoms with E-state index in [0.29, 0.717) is 0 Å². The summed E-state index contributed by atoms with van der Waals surface area (Å²) in [5.74, 6) is 0.813. The highest BCUT2D eigenvalue weighted by Crippen LogP contribution is 2.32. The predicted molar refractivity (Wildman–Crippen MR) is 124 cm³/mol. The summed E-state index contributed by atoms with van der Waals surface area (Å²) in [6.07, 6.45) is 0. The maximum absolute atomic E-state index is 10.9. The molecule has 0 heterocycles. The lowest BCUT2D eigenvalue weighted by Crippen LogP contribution is -2.68. The van der Waals surface area contributed by atoms with Gasteiger partial charge in [-0.15, -0.1) is 10.2 Å². The Morgan fingerprint density at radius 3 is 1.63 bits per heavy atom. The van der Waals surface area contributed by atoms with Gasteiger partial charge in [0.25, 0.3) is 5.69 Å². The first-order valence-corrected chi connectivity index (χ1v) is 13.6. The van der Waals surface area contributed by atoms with Gasteiger partial charge in [0, 0.05) is 27.5 Å². The molecule has 35 heavy (non-hydrogen) atoms. The first kappa shape index (κ1) is 26.7. The van der Waals surface area contributed by atoms with E-state index >= 15 is 0 Å². The van der Waals surface area contributed by atoms with E-state index in [0.717, 1.165) is 11.3 Å². The normalized spacial score (nSPS) is 11.8. The molecule has 180 valence electrons. The highest BCUT2D eigenvalue weighted by Gasteiger charge is 2.26. The number of nitrogens with zero attached hydrogens (tertiary/aromatic N) is 1. The first-order valence-electron chi connectivity index (χ1n) is 10.1. The van der Waals surface area contributed by atoms with Gasteiger partial charge in [-0.2, -0.15) is 0 Å². The van der Waals surface area contributed by atoms with E-state index in [4.69, 9.17) is 18.6 Å². The second-order valence-corrected chi connectivity index (χ2v) is 11.0. The Morgan fingerprint density at radius 2 is 1.11 bits per heavy atom. The molecule has 10 heteroatoms. The van der Waals surface area contributed by atoms with E-state index in [9.17, 15) is 10.1 Å². The van der Waals surface area contributed by atoms with E-state index < -0.39 is 10.2 Å². The summed E-state index contributed by atoms with van der Waals surface area (Å²) >= 11 is 1.75. The summed E-state index contributed by atoms with van der Waals surface area (Å²) in [6.45, 7) is 0. The van der Waals surface area contributed by atoms with Crippen LogP contribution in [0.2, 0.25) is 0 Å². The quantitative estimate of drug-likeness (QED) is 0.203. The highest BCUT2D eigenvalue weighted by atomic mass is 35.7. The van der Waals surface area contributed by atoms with Gasteiger partial charge >= 0.3 is 0 Å². The minimum Gasteiger partial charge on any atom is -0.258 e. The van der Waals surface area contributed by atoms with Crippen molar-refractivity contribution >= 4 is 28.3 Å². The lowest BCUT2D eigenvalue weighted by atomic mass is 10.2. The molecule has 4 aromatic carbocycles. The van der Waals surface area contributed by atoms with Gasteiger partial charge in [-0.3, -0.25) is 10.1 Å². The molecule has 0 aliphatic carbocycles. The summed E-state index contributed by atoms with van der Waals surface area (Å²) in [7, 11) is -5.10. The Hall–Kier alpha value is -2.89. The molecule has 4 rings (SSSR count). The summed E-state index contributed by atoms with van der Waals surface area (Å²) in [4.78, 5) is 15.5. The molecule has 4 aromatic rings. The largest absolute Gasteiger partial charge is 0.269 e. The van der Waals surface area contributed by atoms with Crippen LogP contribution in [0.5, 0.6) is 0 Å². The lowest BCUT2D eigenvalue weighted by Gasteiger charge is -2.17. The van der Waals surface area contributed by atoms with Crippen LogP contribution in [-0.4, -0.2) is 4.92 Å². The molecule has 0 aromatic heterocycles. The second kappa shape index (κ2) is 12.7. The van der Waals surface area contributed by atoms with Crippen molar-refractivity contribution in [1.29, 1.82) is 0 Å². The van der Waals surface area contributed by atoms with E-state index in [-0.39, 0.29) is 21.5 Å². The molecule has 1 atom stereocenters. The molecule has 0 aliphatic rings. The molecule has 1 unspecified atom stereocenters. The van der Waals surface area contributed by atoms with Gasteiger partial charge in [-0.05, 0) is 60.7 Å². The highest BCUT2D eigenvalue weighted by molar-refractivity contribution is 7.99. The van der Waals surface area contributed by atoms with E-state index in [1.165, 1.54) is 19.6 Å². The molecule has 0 bridgehead atoms. The first-order chi connectivity index (χ1) is 16.7. The van der Waals surface area contributed by atoms with Crippen molar-refractivity contribution in [3.8, 4) is 0 Å². The number of hydrogen-bond donors (Lipinski definition) is 0. The minimum absolute atomic E-state index is 0.126. The van der Waals surface area contributed by atoms with Crippen LogP contribution >= 0.6 is 11.8 Å². The maximum Gasteiger partial charge on any atom is 0.269 e. The zero-order valence-corrected chi connectivity index (χ0v) is 20.6. The molecule has 0 saturated carbocycles. The Kier molecular flexibility index (Phi) is 9.70. The van der Waals surface area contributed by atoms with Crippen LogP contribution in [-0.2, 0) is 16.6 Å². The van der Waals surface area contributed by atoms with Crippen LogP contribution in [0, 0.1) is 20.4 Å². The number of hydrogen-bond acceptors (Lipinski definition) is 7. The third kappa shape index (κ3) is 9.35. The summed E-state index contributed by atoms with van der Waals surface area (Å²) in [6, 6.07) is 36.4. The summed E-state index contributed by atoms with van der Waals surface area (Å²) in [5, 5.41) is 10.9. The summed E-state index contributed by atoms with van der Waals surface area (Å²) < 4.78 is 34.0. The van der Waals surface area contributed by atoms with Gasteiger partial charge in [0.05, 0.1) is 15.8 Å². The zero-order valence-electron chi connectivity index (χ0n) is 18.2. The Labute approximate surface area is 211 Å². The molecule has 0 spiro atoms. The summed E-state index contributed by atoms with van der Waals surface area (Å²) in [5.41, 5.74) is 1.22. The molecule has 7 nitrogen and oxygen atoms in total. The van der Waals surface area contributed by atoms with E-state index in [1.54, 1.807) is 23.9 Å². The van der Waals surface area contributed by atoms with Crippen molar-refractivity contribution in [2.24, 2.45) is 0 Å². The third-order valence-corrected chi connectivity index (χ3v) is 7.89. The smallest absolute Gasteiger partial charge is 0.258 e. The van der Waals surface area contributed by atoms with E-state index in [2.05, 4.69) is 60.7 Å². The average molecular weight is 530 g/mol. The van der Waals surface area contributed by atoms with Gasteiger partial charge in [0.15, 0.2) is 9.79 Å². The van der Waals surface area contributed by atoms with Crippen LogP contribution in [0.25, 0.3) is 0 Å². The fourth-order valence-electron chi connectivity index (χ4n) is 3.06. The number of rotatable bonds is 7. The number of non-ortho nitro benzene ring substituents is 1. The van der Waals surface area contributed by atoms with Crippen LogP contribution in [0.15, 0.2) is 129 Å². The van der Waals surface area contributed by atoms with Crippen molar-refractivity contribution in [2.45, 2.75) is 25.3 Å². The molecular weight excluding hydrogens is 510 g/mol. The lowest BCUT2D eigenvalue weighted by molar-refractivity contribution is -2.00. The Balaban J connectivity index is 0.000000623. The number of nitro benzene ring substituents is 1. The van der Waals surface area contributed by atoms with Crippen molar-refractivity contribution in [3.63, 3.8) is 0 Å². The minimum atomic E-state index is -4.94. The van der Waals surface area contributed by atoms with Gasteiger partial charge in [0.1, 0.15) is 5.75 Å². The third-order valence-electron chi connectivity index (χ3n) is 4.57. The SMILES string of the molecule is O=[N+]([O-])c1ccc(C[S+](c2ccccc2)c2ccc(Sc3ccccc3)cc2)cc1.[O-][Cl+3]([O-])([O-])[O-]. The maximum atomic E-state index is 10.9. The van der Waals surface area contributed by atoms with Crippen molar-refractivity contribution in [2.75, 3.05) is 0 Å². The Morgan fingerprint density at radius 1 is 0.657 bits per heavy atom. The Bertz CT molecular complexity index is 1200. The van der Waals surface area contributed by atoms with Crippen LogP contribution in [0.1, 0.15) is 5.56 Å². The van der Waals surface area contributed by atoms with Crippen LogP contribution in [0.3, 0.4) is 0 Å². The molecule has 0 N–H and O–H groups in total. The molecule has 0 amide bonds. The van der Waals surface area contributed by atoms with Crippen LogP contribution in [0.4, 0.5) is 5.69 Å². The zero-order chi connectivity index (χ0) is 25.3. The second-order valence-electron chi connectivity index (χ2n) is 7.04. The number of benzene rings is 4. The van der Waals surface area contributed by atoms with Crippen molar-refractivity contribution < 1.29 is 33.8 Å². The fraction of sp³-hybridized carbons (Fsp3) is 0.0400. The monoisotopic (exact) mass is 529 g/mol. The topological polar surface area (TPSA) is 135 Å². The average Bonchev–Trinajstić information content (AvgIpc) is 2.84. The van der Waals surface area contributed by atoms with Crippen molar-refractivity contribution in [3.05, 3.63) is 125 Å². The number of halogens is 1. The van der Waals surface area contributed by atoms with Crippen LogP contribution < -0.4 is 18.6 Å². The van der Waals surface area contributed by atoms with Gasteiger partial charge in [0.2, 0.25) is 0 Å². The molecule has 0 fully saturated rings. The molecule has 0 saturated heterocycles. The standard InChI is InChI=1S/C25H20NO2S2.ClHO4/c27-26(28)21-13-11-20(12-14-21)19-30(24-9-5-2-6-10-24)25-17-15-23(16-18-25)29-22-7-3-1-4-8-22;2-1(3,4)5/h1-18H,19H2;(H,2,3,4,5)/q+1;/p-1. The molecule has 0 aliphatic heterocycles. The number of nitro groups is 1. The van der Waals surface area contributed by atoms with Gasteiger partial charge in [-0.25, -0.2) is 18.6 Å². The van der Waals surface area contributed by atoms with Gasteiger partial charge in [-0.1, -0.05) is 48.2 Å². The van der Waals surface area contributed by atoms with Gasteiger partial charge < -0.3 is 0 Å². The predicted octanol–water partition coefficient (Wildman–Crippen LogP) is 2.23. The van der Waals surface area contributed by atoms with E-state index in [1.807, 2.05) is 36.4 Å². The van der Waals surface area contributed by atoms with Crippen molar-refractivity contribution in [1.82, 2.24) is 0 Å². The fourth-order valence-corrected chi connectivity index (χ4v) is 5.98. The molecular formula is C25H20ClNO6S2.